The maximum absolute atomic E-state index is 13.8. The Morgan fingerprint density at radius 2 is 2.05 bits per heavy atom. The highest BCUT2D eigenvalue weighted by atomic mass is 79.9. The average molecular weight is 360 g/mol. The molecule has 0 aliphatic carbocycles. The molecule has 0 saturated heterocycles. The lowest BCUT2D eigenvalue weighted by atomic mass is 10.0. The maximum atomic E-state index is 13.8. The van der Waals surface area contributed by atoms with E-state index in [1.807, 2.05) is 13.8 Å². The van der Waals surface area contributed by atoms with E-state index in [0.717, 1.165) is 21.3 Å². The number of aryl methyl sites for hydroxylation is 1. The zero-order chi connectivity index (χ0) is 14.7. The summed E-state index contributed by atoms with van der Waals surface area (Å²) in [5, 5.41) is 3.36. The fraction of sp³-hybridized carbons (Fsp3) is 0.333. The van der Waals surface area contributed by atoms with Crippen LogP contribution in [0, 0.1) is 18.6 Å². The van der Waals surface area contributed by atoms with Crippen molar-refractivity contribution in [3.05, 3.63) is 55.7 Å². The SMILES string of the molecule is CCNC(Cc1ccc(F)cc1F)c1cc(C)c(Br)s1. The van der Waals surface area contributed by atoms with E-state index < -0.39 is 11.6 Å². The van der Waals surface area contributed by atoms with E-state index in [0.29, 0.717) is 12.0 Å². The molecule has 1 aromatic carbocycles. The van der Waals surface area contributed by atoms with Crippen molar-refractivity contribution in [2.45, 2.75) is 26.3 Å². The van der Waals surface area contributed by atoms with E-state index in [9.17, 15) is 8.78 Å². The molecule has 0 bridgehead atoms. The van der Waals surface area contributed by atoms with Crippen LogP contribution in [0.25, 0.3) is 0 Å². The summed E-state index contributed by atoms with van der Waals surface area (Å²) < 4.78 is 27.8. The third-order valence-electron chi connectivity index (χ3n) is 3.11. The second-order valence-corrected chi connectivity index (χ2v) is 7.06. The molecular formula is C15H16BrF2NS. The molecule has 2 rings (SSSR count). The minimum Gasteiger partial charge on any atom is -0.309 e. The second-order valence-electron chi connectivity index (χ2n) is 4.66. The van der Waals surface area contributed by atoms with Gasteiger partial charge in [-0.2, -0.15) is 0 Å². The molecule has 5 heteroatoms. The van der Waals surface area contributed by atoms with E-state index in [2.05, 4.69) is 27.3 Å². The molecule has 0 aliphatic heterocycles. The minimum atomic E-state index is -0.541. The van der Waals surface area contributed by atoms with Gasteiger partial charge in [-0.1, -0.05) is 13.0 Å². The summed E-state index contributed by atoms with van der Waals surface area (Å²) in [6, 6.07) is 5.90. The van der Waals surface area contributed by atoms with Crippen molar-refractivity contribution in [3.63, 3.8) is 0 Å². The summed E-state index contributed by atoms with van der Waals surface area (Å²) in [6.07, 6.45) is 0.506. The monoisotopic (exact) mass is 359 g/mol. The Bertz CT molecular complexity index is 578. The number of likely N-dealkylation sites (N-methyl/N-ethyl adjacent to an activating group) is 1. The van der Waals surface area contributed by atoms with Gasteiger partial charge in [0.05, 0.1) is 3.79 Å². The molecule has 0 amide bonds. The van der Waals surface area contributed by atoms with E-state index in [1.54, 1.807) is 11.3 Å². The van der Waals surface area contributed by atoms with Gasteiger partial charge in [0, 0.05) is 17.0 Å². The van der Waals surface area contributed by atoms with E-state index in [1.165, 1.54) is 17.7 Å². The average Bonchev–Trinajstić information content (AvgIpc) is 2.72. The quantitative estimate of drug-likeness (QED) is 0.792. The summed E-state index contributed by atoms with van der Waals surface area (Å²) >= 11 is 5.16. The minimum absolute atomic E-state index is 0.0370. The lowest BCUT2D eigenvalue weighted by Gasteiger charge is -2.17. The molecule has 1 atom stereocenters. The zero-order valence-electron chi connectivity index (χ0n) is 11.3. The van der Waals surface area contributed by atoms with Crippen molar-refractivity contribution in [1.82, 2.24) is 5.32 Å². The normalized spacial score (nSPS) is 12.7. The highest BCUT2D eigenvalue weighted by Gasteiger charge is 2.17. The van der Waals surface area contributed by atoms with Gasteiger partial charge in [-0.3, -0.25) is 0 Å². The summed E-state index contributed by atoms with van der Waals surface area (Å²) in [4.78, 5) is 1.15. The van der Waals surface area contributed by atoms with Crippen LogP contribution in [0.15, 0.2) is 28.1 Å². The number of halogens is 3. The van der Waals surface area contributed by atoms with Crippen molar-refractivity contribution in [2.75, 3.05) is 6.54 Å². The third kappa shape index (κ3) is 3.65. The Hall–Kier alpha value is -0.780. The van der Waals surface area contributed by atoms with Crippen molar-refractivity contribution < 1.29 is 8.78 Å². The van der Waals surface area contributed by atoms with Crippen LogP contribution in [0.3, 0.4) is 0 Å². The van der Waals surface area contributed by atoms with Gasteiger partial charge in [0.25, 0.3) is 0 Å². The zero-order valence-corrected chi connectivity index (χ0v) is 13.7. The van der Waals surface area contributed by atoms with Crippen LogP contribution in [-0.4, -0.2) is 6.54 Å². The topological polar surface area (TPSA) is 12.0 Å². The van der Waals surface area contributed by atoms with Crippen LogP contribution in [0.4, 0.5) is 8.78 Å². The predicted octanol–water partition coefficient (Wildman–Crippen LogP) is 4.99. The fourth-order valence-corrected chi connectivity index (χ4v) is 3.73. The maximum Gasteiger partial charge on any atom is 0.129 e. The standard InChI is InChI=1S/C15H16BrF2NS/c1-3-19-13(14-6-9(2)15(16)20-14)7-10-4-5-11(17)8-12(10)18/h4-6,8,13,19H,3,7H2,1-2H3. The van der Waals surface area contributed by atoms with Crippen LogP contribution in [0.1, 0.15) is 29.0 Å². The lowest BCUT2D eigenvalue weighted by molar-refractivity contribution is 0.526. The molecule has 0 fully saturated rings. The first kappa shape index (κ1) is 15.6. The summed E-state index contributed by atoms with van der Waals surface area (Å²) in [5.74, 6) is -1.03. The van der Waals surface area contributed by atoms with Gasteiger partial charge in [-0.25, -0.2) is 8.78 Å². The molecule has 20 heavy (non-hydrogen) atoms. The number of thiophene rings is 1. The molecule has 0 aliphatic rings. The molecule has 0 spiro atoms. The Kier molecular flexibility index (Phi) is 5.29. The van der Waals surface area contributed by atoms with E-state index >= 15 is 0 Å². The van der Waals surface area contributed by atoms with Crippen molar-refractivity contribution in [3.8, 4) is 0 Å². The largest absolute Gasteiger partial charge is 0.309 e. The van der Waals surface area contributed by atoms with Gasteiger partial charge >= 0.3 is 0 Å². The van der Waals surface area contributed by atoms with E-state index in [-0.39, 0.29) is 6.04 Å². The molecule has 1 unspecified atom stereocenters. The molecule has 2 aromatic rings. The number of hydrogen-bond donors (Lipinski definition) is 1. The van der Waals surface area contributed by atoms with Crippen LogP contribution in [-0.2, 0) is 6.42 Å². The summed E-state index contributed by atoms with van der Waals surface area (Å²) in [6.45, 7) is 4.84. The number of rotatable bonds is 5. The van der Waals surface area contributed by atoms with Crippen LogP contribution >= 0.6 is 27.3 Å². The highest BCUT2D eigenvalue weighted by molar-refractivity contribution is 9.11. The smallest absolute Gasteiger partial charge is 0.129 e. The number of hydrogen-bond acceptors (Lipinski definition) is 2. The van der Waals surface area contributed by atoms with Crippen molar-refractivity contribution in [1.29, 1.82) is 0 Å². The Morgan fingerprint density at radius 3 is 2.60 bits per heavy atom. The highest BCUT2D eigenvalue weighted by Crippen LogP contribution is 2.33. The molecule has 0 saturated carbocycles. The van der Waals surface area contributed by atoms with Gasteiger partial charge in [0.2, 0.25) is 0 Å². The Balaban J connectivity index is 2.25. The Morgan fingerprint density at radius 1 is 1.30 bits per heavy atom. The Labute approximate surface area is 130 Å². The lowest BCUT2D eigenvalue weighted by Crippen LogP contribution is -2.22. The van der Waals surface area contributed by atoms with Crippen LogP contribution in [0.5, 0.6) is 0 Å². The van der Waals surface area contributed by atoms with Gasteiger partial charge in [-0.05, 0) is 59.1 Å². The van der Waals surface area contributed by atoms with Gasteiger partial charge in [-0.15, -0.1) is 11.3 Å². The number of nitrogens with one attached hydrogen (secondary N) is 1. The molecular weight excluding hydrogens is 344 g/mol. The predicted molar refractivity (Wildman–Crippen MR) is 83.2 cm³/mol. The first-order valence-electron chi connectivity index (χ1n) is 6.44. The first-order chi connectivity index (χ1) is 9.51. The van der Waals surface area contributed by atoms with E-state index in [4.69, 9.17) is 0 Å². The molecule has 1 aromatic heterocycles. The van der Waals surface area contributed by atoms with Gasteiger partial charge < -0.3 is 5.32 Å². The second kappa shape index (κ2) is 6.78. The van der Waals surface area contributed by atoms with Crippen molar-refractivity contribution in [2.24, 2.45) is 0 Å². The van der Waals surface area contributed by atoms with Crippen LogP contribution < -0.4 is 5.32 Å². The molecule has 108 valence electrons. The van der Waals surface area contributed by atoms with Gasteiger partial charge in [0.1, 0.15) is 11.6 Å². The molecule has 0 radical (unpaired) electrons. The fourth-order valence-electron chi connectivity index (χ4n) is 2.08. The summed E-state index contributed by atoms with van der Waals surface area (Å²) in [7, 11) is 0. The van der Waals surface area contributed by atoms with Crippen LogP contribution in [0.2, 0.25) is 0 Å². The van der Waals surface area contributed by atoms with Gasteiger partial charge in [0.15, 0.2) is 0 Å². The van der Waals surface area contributed by atoms with Crippen molar-refractivity contribution >= 4 is 27.3 Å². The summed E-state index contributed by atoms with van der Waals surface area (Å²) in [5.41, 5.74) is 1.70. The first-order valence-corrected chi connectivity index (χ1v) is 8.05. The molecule has 1 heterocycles. The molecule has 1 nitrogen and oxygen atoms in total. The molecule has 1 N–H and O–H groups in total. The third-order valence-corrected chi connectivity index (χ3v) is 5.36. The number of benzene rings is 1.